The van der Waals surface area contributed by atoms with Gasteiger partial charge >= 0.3 is 0 Å². The van der Waals surface area contributed by atoms with E-state index in [1.54, 1.807) is 0 Å². The van der Waals surface area contributed by atoms with E-state index in [0.717, 1.165) is 41.7 Å². The number of hydrogen-bond acceptors (Lipinski definition) is 4. The van der Waals surface area contributed by atoms with Crippen molar-refractivity contribution in [3.05, 3.63) is 17.6 Å². The first-order chi connectivity index (χ1) is 9.11. The molecule has 100 valence electrons. The Bertz CT molecular complexity index is 661. The van der Waals surface area contributed by atoms with Crippen molar-refractivity contribution in [1.82, 2.24) is 19.9 Å². The van der Waals surface area contributed by atoms with E-state index in [2.05, 4.69) is 15.3 Å². The minimum Gasteiger partial charge on any atom is -0.383 e. The molecule has 2 aromatic rings. The number of hydrogen-bond donors (Lipinski definition) is 2. The molecule has 1 fully saturated rings. The van der Waals surface area contributed by atoms with Gasteiger partial charge in [0.15, 0.2) is 0 Å². The third kappa shape index (κ3) is 1.67. The molecule has 1 saturated heterocycles. The molecule has 0 radical (unpaired) electrons. The lowest BCUT2D eigenvalue weighted by Gasteiger charge is -2.25. The van der Waals surface area contributed by atoms with Crippen LogP contribution in [-0.2, 0) is 4.79 Å². The predicted molar refractivity (Wildman–Crippen MR) is 72.7 cm³/mol. The highest BCUT2D eigenvalue weighted by Gasteiger charge is 2.28. The summed E-state index contributed by atoms with van der Waals surface area (Å²) >= 11 is 0. The molecule has 0 bridgehead atoms. The molecule has 1 unspecified atom stereocenters. The van der Waals surface area contributed by atoms with E-state index in [-0.39, 0.29) is 11.9 Å². The molecule has 0 aromatic carbocycles. The summed E-state index contributed by atoms with van der Waals surface area (Å²) in [5.41, 5.74) is 8.77. The Labute approximate surface area is 111 Å². The van der Waals surface area contributed by atoms with Crippen molar-refractivity contribution in [2.45, 2.75) is 32.7 Å². The Morgan fingerprint density at radius 1 is 1.42 bits per heavy atom. The average molecular weight is 259 g/mol. The SMILES string of the molecule is Cc1c(C)n(C2CCCNC2=O)c2ncnc(N)c12. The van der Waals surface area contributed by atoms with Gasteiger partial charge in [0.05, 0.1) is 5.39 Å². The molecule has 3 rings (SSSR count). The molecule has 6 nitrogen and oxygen atoms in total. The summed E-state index contributed by atoms with van der Waals surface area (Å²) in [6, 6.07) is -0.195. The van der Waals surface area contributed by atoms with Crippen LogP contribution >= 0.6 is 0 Å². The molecule has 1 aliphatic rings. The van der Waals surface area contributed by atoms with Crippen LogP contribution < -0.4 is 11.1 Å². The van der Waals surface area contributed by atoms with Gasteiger partial charge in [-0.3, -0.25) is 4.79 Å². The van der Waals surface area contributed by atoms with Crippen molar-refractivity contribution in [1.29, 1.82) is 0 Å². The maximum absolute atomic E-state index is 12.1. The van der Waals surface area contributed by atoms with Crippen LogP contribution in [0.4, 0.5) is 5.82 Å². The minimum atomic E-state index is -0.195. The van der Waals surface area contributed by atoms with Gasteiger partial charge in [0, 0.05) is 12.2 Å². The maximum atomic E-state index is 12.1. The van der Waals surface area contributed by atoms with Gasteiger partial charge in [-0.05, 0) is 32.3 Å². The molecule has 2 aromatic heterocycles. The summed E-state index contributed by atoms with van der Waals surface area (Å²) < 4.78 is 2.00. The second-order valence-corrected chi connectivity index (χ2v) is 4.99. The lowest BCUT2D eigenvalue weighted by Crippen LogP contribution is -2.38. The number of nitrogens with one attached hydrogen (secondary N) is 1. The second-order valence-electron chi connectivity index (χ2n) is 4.99. The zero-order chi connectivity index (χ0) is 13.6. The smallest absolute Gasteiger partial charge is 0.243 e. The van der Waals surface area contributed by atoms with Crippen molar-refractivity contribution in [3.8, 4) is 0 Å². The van der Waals surface area contributed by atoms with Crippen molar-refractivity contribution < 1.29 is 4.79 Å². The molecule has 0 spiro atoms. The zero-order valence-electron chi connectivity index (χ0n) is 11.1. The van der Waals surface area contributed by atoms with Crippen LogP contribution in [-0.4, -0.2) is 27.0 Å². The first kappa shape index (κ1) is 12.0. The van der Waals surface area contributed by atoms with Crippen LogP contribution in [0.2, 0.25) is 0 Å². The van der Waals surface area contributed by atoms with Crippen molar-refractivity contribution in [2.24, 2.45) is 0 Å². The van der Waals surface area contributed by atoms with Gasteiger partial charge in [0.1, 0.15) is 23.8 Å². The number of anilines is 1. The summed E-state index contributed by atoms with van der Waals surface area (Å²) in [4.78, 5) is 20.4. The number of aromatic nitrogens is 3. The molecule has 1 aliphatic heterocycles. The van der Waals surface area contributed by atoms with E-state index in [4.69, 9.17) is 5.73 Å². The lowest BCUT2D eigenvalue weighted by atomic mass is 10.1. The van der Waals surface area contributed by atoms with Crippen LogP contribution in [0.15, 0.2) is 6.33 Å². The molecule has 0 saturated carbocycles. The molecular formula is C13H17N5O. The highest BCUT2D eigenvalue weighted by atomic mass is 16.2. The Balaban J connectivity index is 2.26. The number of rotatable bonds is 1. The van der Waals surface area contributed by atoms with Crippen LogP contribution in [0.25, 0.3) is 11.0 Å². The standard InChI is InChI=1S/C13H17N5O/c1-7-8(2)18(9-4-3-5-15-13(9)19)12-10(7)11(14)16-6-17-12/h6,9H,3-5H2,1-2H3,(H,15,19)(H2,14,16,17). The number of amides is 1. The predicted octanol–water partition coefficient (Wildman–Crippen LogP) is 1.08. The van der Waals surface area contributed by atoms with E-state index in [9.17, 15) is 4.79 Å². The highest BCUT2D eigenvalue weighted by Crippen LogP contribution is 2.32. The average Bonchev–Trinajstić information content (AvgIpc) is 2.64. The van der Waals surface area contributed by atoms with Crippen molar-refractivity contribution in [2.75, 3.05) is 12.3 Å². The van der Waals surface area contributed by atoms with Crippen LogP contribution in [0, 0.1) is 13.8 Å². The quantitative estimate of drug-likeness (QED) is 0.802. The molecule has 3 N–H and O–H groups in total. The number of aryl methyl sites for hydroxylation is 1. The molecular weight excluding hydrogens is 242 g/mol. The fourth-order valence-electron chi connectivity index (χ4n) is 2.84. The van der Waals surface area contributed by atoms with Crippen molar-refractivity contribution in [3.63, 3.8) is 0 Å². The Morgan fingerprint density at radius 3 is 2.95 bits per heavy atom. The third-order valence-electron chi connectivity index (χ3n) is 3.93. The van der Waals surface area contributed by atoms with Gasteiger partial charge in [-0.15, -0.1) is 0 Å². The molecule has 1 amide bonds. The van der Waals surface area contributed by atoms with E-state index in [1.807, 2.05) is 18.4 Å². The third-order valence-corrected chi connectivity index (χ3v) is 3.93. The number of nitrogens with zero attached hydrogens (tertiary/aromatic N) is 3. The number of carbonyl (C=O) groups is 1. The van der Waals surface area contributed by atoms with Gasteiger partial charge in [-0.2, -0.15) is 0 Å². The van der Waals surface area contributed by atoms with Crippen LogP contribution in [0.5, 0.6) is 0 Å². The monoisotopic (exact) mass is 259 g/mol. The van der Waals surface area contributed by atoms with Gasteiger partial charge in [-0.25, -0.2) is 9.97 Å². The fraction of sp³-hybridized carbons (Fsp3) is 0.462. The van der Waals surface area contributed by atoms with Crippen LogP contribution in [0.1, 0.15) is 30.1 Å². The van der Waals surface area contributed by atoms with E-state index in [1.165, 1.54) is 6.33 Å². The first-order valence-electron chi connectivity index (χ1n) is 6.46. The fourth-order valence-corrected chi connectivity index (χ4v) is 2.84. The number of nitrogens with two attached hydrogens (primary N) is 1. The summed E-state index contributed by atoms with van der Waals surface area (Å²) in [6.45, 7) is 4.75. The molecule has 3 heterocycles. The van der Waals surface area contributed by atoms with Crippen LogP contribution in [0.3, 0.4) is 0 Å². The van der Waals surface area contributed by atoms with Gasteiger partial charge < -0.3 is 15.6 Å². The first-order valence-corrected chi connectivity index (χ1v) is 6.46. The largest absolute Gasteiger partial charge is 0.383 e. The van der Waals surface area contributed by atoms with Gasteiger partial charge in [-0.1, -0.05) is 0 Å². The minimum absolute atomic E-state index is 0.0587. The number of nitrogen functional groups attached to an aromatic ring is 1. The summed E-state index contributed by atoms with van der Waals surface area (Å²) in [5, 5.41) is 3.77. The maximum Gasteiger partial charge on any atom is 0.243 e. The number of fused-ring (bicyclic) bond motifs is 1. The number of piperidine rings is 1. The second kappa shape index (κ2) is 4.22. The summed E-state index contributed by atoms with van der Waals surface area (Å²) in [5.74, 6) is 0.531. The van der Waals surface area contributed by atoms with Gasteiger partial charge in [0.2, 0.25) is 5.91 Å². The van der Waals surface area contributed by atoms with Crippen molar-refractivity contribution >= 4 is 22.8 Å². The van der Waals surface area contributed by atoms with E-state index >= 15 is 0 Å². The normalized spacial score (nSPS) is 19.7. The molecule has 19 heavy (non-hydrogen) atoms. The Hall–Kier alpha value is -2.11. The zero-order valence-corrected chi connectivity index (χ0v) is 11.1. The van der Waals surface area contributed by atoms with E-state index in [0.29, 0.717) is 5.82 Å². The number of carbonyl (C=O) groups excluding carboxylic acids is 1. The molecule has 0 aliphatic carbocycles. The Morgan fingerprint density at radius 2 is 2.21 bits per heavy atom. The molecule has 6 heteroatoms. The lowest BCUT2D eigenvalue weighted by molar-refractivity contribution is -0.125. The van der Waals surface area contributed by atoms with Gasteiger partial charge in [0.25, 0.3) is 0 Å². The molecule has 1 atom stereocenters. The topological polar surface area (TPSA) is 85.8 Å². The highest BCUT2D eigenvalue weighted by molar-refractivity contribution is 5.92. The summed E-state index contributed by atoms with van der Waals surface area (Å²) in [7, 11) is 0. The Kier molecular flexibility index (Phi) is 2.66. The van der Waals surface area contributed by atoms with E-state index < -0.39 is 0 Å². The summed E-state index contributed by atoms with van der Waals surface area (Å²) in [6.07, 6.45) is 3.27.